The maximum absolute atomic E-state index is 5.84. The van der Waals surface area contributed by atoms with Gasteiger partial charge in [-0.2, -0.15) is 0 Å². The zero-order valence-electron chi connectivity index (χ0n) is 16.3. The summed E-state index contributed by atoms with van der Waals surface area (Å²) >= 11 is 0. The molecule has 0 amide bonds. The van der Waals surface area contributed by atoms with Crippen LogP contribution in [0.15, 0.2) is 23.3 Å². The third-order valence-electron chi connectivity index (χ3n) is 4.55. The van der Waals surface area contributed by atoms with Crippen molar-refractivity contribution in [3.8, 4) is 0 Å². The fourth-order valence-electron chi connectivity index (χ4n) is 3.04. The van der Waals surface area contributed by atoms with Crippen LogP contribution in [0, 0.1) is 5.92 Å². The van der Waals surface area contributed by atoms with E-state index in [-0.39, 0.29) is 11.9 Å². The molecular weight excluding hydrogens is 284 g/mol. The van der Waals surface area contributed by atoms with Crippen molar-refractivity contribution in [3.63, 3.8) is 0 Å². The van der Waals surface area contributed by atoms with Gasteiger partial charge in [0.25, 0.3) is 0 Å². The monoisotopic (exact) mass is 322 g/mol. The molecule has 0 radical (unpaired) electrons. The van der Waals surface area contributed by atoms with Crippen LogP contribution in [0.3, 0.4) is 0 Å². The average Bonchev–Trinajstić information content (AvgIpc) is 2.78. The van der Waals surface area contributed by atoms with Crippen LogP contribution in [0.1, 0.15) is 86.5 Å². The number of allylic oxidation sites excluding steroid dienone is 4. The molecule has 0 aliphatic carbocycles. The third kappa shape index (κ3) is 9.32. The average molecular weight is 323 g/mol. The SMILES string of the molecule is C/C(=C\CCC1(C)OCC(C)O1)CC/C=C(\C)CCCC(C)C. The standard InChI is InChI=1S/C21H38O2/c1-17(2)10-7-11-18(3)12-8-13-19(4)14-9-15-21(6)22-16-20(5)23-21/h12,14,17,20H,7-11,13,15-16H2,1-6H3/b18-12+,19-14+. The van der Waals surface area contributed by atoms with E-state index in [0.29, 0.717) is 0 Å². The van der Waals surface area contributed by atoms with Gasteiger partial charge in [0.2, 0.25) is 0 Å². The number of ether oxygens (including phenoxy) is 2. The lowest BCUT2D eigenvalue weighted by atomic mass is 10.0. The molecule has 1 fully saturated rings. The van der Waals surface area contributed by atoms with Crippen LogP contribution < -0.4 is 0 Å². The Morgan fingerprint density at radius 1 is 1.13 bits per heavy atom. The van der Waals surface area contributed by atoms with Gasteiger partial charge in [-0.1, -0.05) is 43.6 Å². The summed E-state index contributed by atoms with van der Waals surface area (Å²) in [5.41, 5.74) is 3.03. The molecule has 2 atom stereocenters. The Hall–Kier alpha value is -0.600. The Kier molecular flexibility index (Phi) is 9.16. The zero-order valence-corrected chi connectivity index (χ0v) is 16.3. The van der Waals surface area contributed by atoms with Crippen molar-refractivity contribution in [2.24, 2.45) is 5.92 Å². The molecule has 2 unspecified atom stereocenters. The normalized spacial score (nSPS) is 26.3. The van der Waals surface area contributed by atoms with Gasteiger partial charge in [0, 0.05) is 6.42 Å². The molecule has 2 heteroatoms. The molecule has 0 aromatic rings. The summed E-state index contributed by atoms with van der Waals surface area (Å²) in [6.07, 6.45) is 13.2. The van der Waals surface area contributed by atoms with E-state index in [4.69, 9.17) is 9.47 Å². The molecule has 1 saturated heterocycles. The molecule has 2 nitrogen and oxygen atoms in total. The first-order valence-corrected chi connectivity index (χ1v) is 9.44. The highest BCUT2D eigenvalue weighted by Crippen LogP contribution is 2.28. The molecular formula is C21H38O2. The number of hydrogen-bond donors (Lipinski definition) is 0. The van der Waals surface area contributed by atoms with E-state index in [0.717, 1.165) is 38.2 Å². The Balaban J connectivity index is 2.18. The fourth-order valence-corrected chi connectivity index (χ4v) is 3.04. The van der Waals surface area contributed by atoms with Crippen LogP contribution in [0.25, 0.3) is 0 Å². The molecule has 0 spiro atoms. The molecule has 0 saturated carbocycles. The molecule has 23 heavy (non-hydrogen) atoms. The van der Waals surface area contributed by atoms with Crippen molar-refractivity contribution >= 4 is 0 Å². The summed E-state index contributed by atoms with van der Waals surface area (Å²) in [7, 11) is 0. The van der Waals surface area contributed by atoms with Gasteiger partial charge >= 0.3 is 0 Å². The van der Waals surface area contributed by atoms with E-state index in [1.54, 1.807) is 5.57 Å². The van der Waals surface area contributed by atoms with Gasteiger partial charge in [0.05, 0.1) is 12.7 Å². The molecule has 0 bridgehead atoms. The molecule has 1 aliphatic heterocycles. The second-order valence-corrected chi connectivity index (χ2v) is 7.84. The first kappa shape index (κ1) is 20.4. The highest BCUT2D eigenvalue weighted by molar-refractivity contribution is 5.04. The van der Waals surface area contributed by atoms with Crippen LogP contribution >= 0.6 is 0 Å². The minimum absolute atomic E-state index is 0.230. The molecule has 134 valence electrons. The molecule has 1 rings (SSSR count). The van der Waals surface area contributed by atoms with Crippen LogP contribution in [-0.2, 0) is 9.47 Å². The van der Waals surface area contributed by atoms with Gasteiger partial charge in [0.1, 0.15) is 0 Å². The molecule has 1 aliphatic rings. The van der Waals surface area contributed by atoms with Crippen molar-refractivity contribution in [1.29, 1.82) is 0 Å². The van der Waals surface area contributed by atoms with Crippen molar-refractivity contribution in [3.05, 3.63) is 23.3 Å². The lowest BCUT2D eigenvalue weighted by molar-refractivity contribution is -0.155. The largest absolute Gasteiger partial charge is 0.348 e. The second kappa shape index (κ2) is 10.3. The quantitative estimate of drug-likeness (QED) is 0.432. The van der Waals surface area contributed by atoms with Crippen LogP contribution in [0.2, 0.25) is 0 Å². The van der Waals surface area contributed by atoms with Gasteiger partial charge in [-0.05, 0) is 65.7 Å². The van der Waals surface area contributed by atoms with Crippen LogP contribution in [-0.4, -0.2) is 18.5 Å². The van der Waals surface area contributed by atoms with Gasteiger partial charge in [-0.25, -0.2) is 0 Å². The van der Waals surface area contributed by atoms with Gasteiger partial charge in [-0.3, -0.25) is 0 Å². The minimum atomic E-state index is -0.372. The Morgan fingerprint density at radius 3 is 2.39 bits per heavy atom. The summed E-state index contributed by atoms with van der Waals surface area (Å²) in [5, 5.41) is 0. The summed E-state index contributed by atoms with van der Waals surface area (Å²) in [4.78, 5) is 0. The summed E-state index contributed by atoms with van der Waals surface area (Å²) in [5.74, 6) is 0.453. The smallest absolute Gasteiger partial charge is 0.166 e. The van der Waals surface area contributed by atoms with E-state index in [1.807, 2.05) is 0 Å². The van der Waals surface area contributed by atoms with Crippen LogP contribution in [0.4, 0.5) is 0 Å². The Bertz CT molecular complexity index is 395. The maximum Gasteiger partial charge on any atom is 0.166 e. The number of hydrogen-bond acceptors (Lipinski definition) is 2. The Morgan fingerprint density at radius 2 is 1.78 bits per heavy atom. The van der Waals surface area contributed by atoms with Crippen LogP contribution in [0.5, 0.6) is 0 Å². The van der Waals surface area contributed by atoms with E-state index < -0.39 is 0 Å². The summed E-state index contributed by atoms with van der Waals surface area (Å²) < 4.78 is 11.6. The van der Waals surface area contributed by atoms with Crippen molar-refractivity contribution in [1.82, 2.24) is 0 Å². The summed E-state index contributed by atoms with van der Waals surface area (Å²) in [6.45, 7) is 14.0. The first-order valence-electron chi connectivity index (χ1n) is 9.44. The third-order valence-corrected chi connectivity index (χ3v) is 4.55. The van der Waals surface area contributed by atoms with Crippen molar-refractivity contribution in [2.45, 2.75) is 98.4 Å². The highest BCUT2D eigenvalue weighted by atomic mass is 16.7. The Labute approximate surface area is 144 Å². The van der Waals surface area contributed by atoms with E-state index in [2.05, 4.69) is 53.7 Å². The predicted octanol–water partition coefficient (Wildman–Crippen LogP) is 6.42. The van der Waals surface area contributed by atoms with Gasteiger partial charge in [-0.15, -0.1) is 0 Å². The first-order chi connectivity index (χ1) is 10.8. The van der Waals surface area contributed by atoms with Crippen molar-refractivity contribution in [2.75, 3.05) is 6.61 Å². The zero-order chi connectivity index (χ0) is 17.3. The summed E-state index contributed by atoms with van der Waals surface area (Å²) in [6, 6.07) is 0. The molecule has 0 aromatic heterocycles. The lowest BCUT2D eigenvalue weighted by Gasteiger charge is -2.22. The number of rotatable bonds is 10. The van der Waals surface area contributed by atoms with E-state index in [9.17, 15) is 0 Å². The molecule has 0 aromatic carbocycles. The molecule has 1 heterocycles. The fraction of sp³-hybridized carbons (Fsp3) is 0.810. The topological polar surface area (TPSA) is 18.5 Å². The second-order valence-electron chi connectivity index (χ2n) is 7.84. The van der Waals surface area contributed by atoms with E-state index in [1.165, 1.54) is 24.8 Å². The molecule has 0 N–H and O–H groups in total. The van der Waals surface area contributed by atoms with Gasteiger partial charge < -0.3 is 9.47 Å². The van der Waals surface area contributed by atoms with Crippen molar-refractivity contribution < 1.29 is 9.47 Å². The minimum Gasteiger partial charge on any atom is -0.348 e. The maximum atomic E-state index is 5.84. The van der Waals surface area contributed by atoms with Gasteiger partial charge in [0.15, 0.2) is 5.79 Å². The highest BCUT2D eigenvalue weighted by Gasteiger charge is 2.34. The van der Waals surface area contributed by atoms with E-state index >= 15 is 0 Å². The lowest BCUT2D eigenvalue weighted by Crippen LogP contribution is -2.25. The predicted molar refractivity (Wildman–Crippen MR) is 99.6 cm³/mol.